The normalized spacial score (nSPS) is 12.0. The molecule has 1 atom stereocenters. The zero-order chi connectivity index (χ0) is 16.1. The van der Waals surface area contributed by atoms with E-state index in [1.165, 1.54) is 0 Å². The maximum atomic E-state index is 6.25. The van der Waals surface area contributed by atoms with Crippen LogP contribution in [0.4, 0.5) is 0 Å². The Bertz CT molecular complexity index is 647. The van der Waals surface area contributed by atoms with Gasteiger partial charge in [-0.2, -0.15) is 0 Å². The Labute approximate surface area is 140 Å². The first-order valence-corrected chi connectivity index (χ1v) is 7.70. The van der Waals surface area contributed by atoms with Crippen molar-refractivity contribution in [2.45, 2.75) is 12.3 Å². The fraction of sp³-hybridized carbons (Fsp3) is 0.294. The van der Waals surface area contributed by atoms with Gasteiger partial charge in [0, 0.05) is 16.0 Å². The molecular weight excluding hydrogens is 321 g/mol. The second kappa shape index (κ2) is 7.73. The summed E-state index contributed by atoms with van der Waals surface area (Å²) < 4.78 is 10.6. The van der Waals surface area contributed by atoms with Crippen molar-refractivity contribution in [3.05, 3.63) is 57.6 Å². The largest absolute Gasteiger partial charge is 0.493 e. The predicted molar refractivity (Wildman–Crippen MR) is 91.5 cm³/mol. The van der Waals surface area contributed by atoms with Crippen LogP contribution in [0.2, 0.25) is 10.0 Å². The van der Waals surface area contributed by atoms with Gasteiger partial charge in [-0.25, -0.2) is 0 Å². The predicted octanol–water partition coefficient (Wildman–Crippen LogP) is 4.30. The van der Waals surface area contributed by atoms with Crippen molar-refractivity contribution in [2.24, 2.45) is 5.73 Å². The van der Waals surface area contributed by atoms with Crippen LogP contribution in [0.5, 0.6) is 11.5 Å². The third kappa shape index (κ3) is 3.86. The third-order valence-electron chi connectivity index (χ3n) is 3.64. The number of hydrogen-bond acceptors (Lipinski definition) is 3. The molecule has 0 saturated carbocycles. The Kier molecular flexibility index (Phi) is 5.95. The van der Waals surface area contributed by atoms with Crippen LogP contribution < -0.4 is 15.2 Å². The van der Waals surface area contributed by atoms with Crippen LogP contribution in [0.15, 0.2) is 36.4 Å². The molecule has 0 aliphatic rings. The van der Waals surface area contributed by atoms with E-state index in [-0.39, 0.29) is 5.92 Å². The topological polar surface area (TPSA) is 44.5 Å². The minimum Gasteiger partial charge on any atom is -0.493 e. The summed E-state index contributed by atoms with van der Waals surface area (Å²) >= 11 is 12.2. The first-order valence-electron chi connectivity index (χ1n) is 6.95. The van der Waals surface area contributed by atoms with Gasteiger partial charge in [0.2, 0.25) is 0 Å². The van der Waals surface area contributed by atoms with Crippen molar-refractivity contribution < 1.29 is 9.47 Å². The van der Waals surface area contributed by atoms with Gasteiger partial charge in [0.1, 0.15) is 0 Å². The van der Waals surface area contributed by atoms with Gasteiger partial charge in [0.05, 0.1) is 14.2 Å². The van der Waals surface area contributed by atoms with Gasteiger partial charge in [-0.3, -0.25) is 0 Å². The van der Waals surface area contributed by atoms with E-state index in [0.29, 0.717) is 28.1 Å². The fourth-order valence-corrected chi connectivity index (χ4v) is 2.88. The van der Waals surface area contributed by atoms with Gasteiger partial charge in [-0.05, 0) is 48.4 Å². The third-order valence-corrected chi connectivity index (χ3v) is 4.23. The molecular formula is C17H19Cl2NO2. The van der Waals surface area contributed by atoms with Crippen LogP contribution in [0, 0.1) is 0 Å². The molecule has 0 aliphatic heterocycles. The lowest BCUT2D eigenvalue weighted by Gasteiger charge is -2.18. The minimum atomic E-state index is 0.137. The van der Waals surface area contributed by atoms with E-state index in [1.54, 1.807) is 20.3 Å². The molecule has 5 heteroatoms. The maximum Gasteiger partial charge on any atom is 0.160 e. The van der Waals surface area contributed by atoms with Gasteiger partial charge >= 0.3 is 0 Å². The van der Waals surface area contributed by atoms with Crippen LogP contribution in [0.1, 0.15) is 17.0 Å². The Morgan fingerprint density at radius 3 is 2.32 bits per heavy atom. The molecule has 2 aromatic carbocycles. The Hall–Kier alpha value is -1.42. The highest BCUT2D eigenvalue weighted by Crippen LogP contribution is 2.33. The second-order valence-electron chi connectivity index (χ2n) is 4.99. The zero-order valence-electron chi connectivity index (χ0n) is 12.6. The summed E-state index contributed by atoms with van der Waals surface area (Å²) in [5, 5.41) is 1.29. The van der Waals surface area contributed by atoms with Crippen molar-refractivity contribution >= 4 is 23.2 Å². The van der Waals surface area contributed by atoms with Gasteiger partial charge in [-0.1, -0.05) is 35.3 Å². The van der Waals surface area contributed by atoms with Crippen LogP contribution >= 0.6 is 23.2 Å². The number of rotatable bonds is 6. The molecule has 0 amide bonds. The van der Waals surface area contributed by atoms with E-state index in [0.717, 1.165) is 17.5 Å². The molecule has 1 unspecified atom stereocenters. The van der Waals surface area contributed by atoms with Crippen LogP contribution in [-0.2, 0) is 6.42 Å². The smallest absolute Gasteiger partial charge is 0.160 e. The second-order valence-corrected chi connectivity index (χ2v) is 5.83. The van der Waals surface area contributed by atoms with Crippen LogP contribution in [0.3, 0.4) is 0 Å². The average molecular weight is 340 g/mol. The summed E-state index contributed by atoms with van der Waals surface area (Å²) in [4.78, 5) is 0. The summed E-state index contributed by atoms with van der Waals surface area (Å²) in [6.07, 6.45) is 0.738. The van der Waals surface area contributed by atoms with E-state index >= 15 is 0 Å². The SMILES string of the molecule is COc1ccc(C(CN)Cc2ccc(Cl)cc2Cl)cc1OC. The number of benzene rings is 2. The molecule has 2 aromatic rings. The minimum absolute atomic E-state index is 0.137. The van der Waals surface area contributed by atoms with Crippen molar-refractivity contribution in [3.8, 4) is 11.5 Å². The summed E-state index contributed by atoms with van der Waals surface area (Å²) in [5.41, 5.74) is 8.07. The van der Waals surface area contributed by atoms with Crippen molar-refractivity contribution in [1.29, 1.82) is 0 Å². The first kappa shape index (κ1) is 16.9. The van der Waals surface area contributed by atoms with Crippen molar-refractivity contribution in [2.75, 3.05) is 20.8 Å². The van der Waals surface area contributed by atoms with Gasteiger partial charge in [0.15, 0.2) is 11.5 Å². The monoisotopic (exact) mass is 339 g/mol. The van der Waals surface area contributed by atoms with Gasteiger partial charge < -0.3 is 15.2 Å². The molecule has 0 aliphatic carbocycles. The van der Waals surface area contributed by atoms with E-state index in [2.05, 4.69) is 0 Å². The Morgan fingerprint density at radius 2 is 1.73 bits per heavy atom. The van der Waals surface area contributed by atoms with Crippen molar-refractivity contribution in [3.63, 3.8) is 0 Å². The number of nitrogens with two attached hydrogens (primary N) is 1. The van der Waals surface area contributed by atoms with Gasteiger partial charge in [-0.15, -0.1) is 0 Å². The molecule has 0 radical (unpaired) electrons. The highest BCUT2D eigenvalue weighted by molar-refractivity contribution is 6.35. The van der Waals surface area contributed by atoms with Crippen LogP contribution in [0.25, 0.3) is 0 Å². The summed E-state index contributed by atoms with van der Waals surface area (Å²) in [6.45, 7) is 0.508. The van der Waals surface area contributed by atoms with Crippen LogP contribution in [-0.4, -0.2) is 20.8 Å². The van der Waals surface area contributed by atoms with E-state index in [1.807, 2.05) is 30.3 Å². The number of methoxy groups -OCH3 is 2. The number of ether oxygens (including phenoxy) is 2. The lowest BCUT2D eigenvalue weighted by molar-refractivity contribution is 0.354. The number of hydrogen-bond donors (Lipinski definition) is 1. The summed E-state index contributed by atoms with van der Waals surface area (Å²) in [7, 11) is 3.24. The van der Waals surface area contributed by atoms with E-state index in [9.17, 15) is 0 Å². The molecule has 2 rings (SSSR count). The molecule has 0 bridgehead atoms. The molecule has 3 nitrogen and oxygen atoms in total. The lowest BCUT2D eigenvalue weighted by Crippen LogP contribution is -2.15. The summed E-state index contributed by atoms with van der Waals surface area (Å²) in [6, 6.07) is 11.4. The maximum absolute atomic E-state index is 6.25. The molecule has 118 valence electrons. The zero-order valence-corrected chi connectivity index (χ0v) is 14.1. The average Bonchev–Trinajstić information content (AvgIpc) is 2.53. The van der Waals surface area contributed by atoms with E-state index in [4.69, 9.17) is 38.4 Å². The molecule has 0 aromatic heterocycles. The molecule has 2 N–H and O–H groups in total. The first-order chi connectivity index (χ1) is 10.6. The highest BCUT2D eigenvalue weighted by atomic mass is 35.5. The standard InChI is InChI=1S/C17H19Cl2NO2/c1-21-16-6-4-11(8-17(16)22-2)13(10-20)7-12-3-5-14(18)9-15(12)19/h3-6,8-9,13H,7,10,20H2,1-2H3. The van der Waals surface area contributed by atoms with E-state index < -0.39 is 0 Å². The molecule has 0 fully saturated rings. The lowest BCUT2D eigenvalue weighted by atomic mass is 9.92. The Balaban J connectivity index is 2.28. The highest BCUT2D eigenvalue weighted by Gasteiger charge is 2.15. The van der Waals surface area contributed by atoms with Crippen molar-refractivity contribution in [1.82, 2.24) is 0 Å². The Morgan fingerprint density at radius 1 is 1.00 bits per heavy atom. The number of halogens is 2. The molecule has 0 heterocycles. The molecule has 0 spiro atoms. The molecule has 22 heavy (non-hydrogen) atoms. The van der Waals surface area contributed by atoms with Gasteiger partial charge in [0.25, 0.3) is 0 Å². The summed E-state index contributed by atoms with van der Waals surface area (Å²) in [5.74, 6) is 1.53. The quantitative estimate of drug-likeness (QED) is 0.853. The fourth-order valence-electron chi connectivity index (χ4n) is 2.40. The molecule has 0 saturated heterocycles.